The molecule has 4 rings (SSSR count). The van der Waals surface area contributed by atoms with Crippen molar-refractivity contribution in [1.82, 2.24) is 4.57 Å². The number of hydrogen-bond donors (Lipinski definition) is 1. The molecule has 1 N–H and O–H groups in total. The first-order valence-electron chi connectivity index (χ1n) is 8.50. The van der Waals surface area contributed by atoms with Crippen LogP contribution in [0.25, 0.3) is 10.9 Å². The predicted octanol–water partition coefficient (Wildman–Crippen LogP) is 5.36. The van der Waals surface area contributed by atoms with Crippen molar-refractivity contribution in [3.63, 3.8) is 0 Å². The zero-order chi connectivity index (χ0) is 18.8. The van der Waals surface area contributed by atoms with Crippen LogP contribution < -0.4 is 10.1 Å². The van der Waals surface area contributed by atoms with E-state index in [1.807, 2.05) is 30.3 Å². The molecule has 1 aromatic heterocycles. The van der Waals surface area contributed by atoms with Crippen LogP contribution in [-0.4, -0.2) is 10.5 Å². The largest absolute Gasteiger partial charge is 0.457 e. The summed E-state index contributed by atoms with van der Waals surface area (Å²) < 4.78 is 21.4. The summed E-state index contributed by atoms with van der Waals surface area (Å²) in [6.07, 6.45) is 0. The second-order valence-corrected chi connectivity index (χ2v) is 6.15. The van der Waals surface area contributed by atoms with Crippen molar-refractivity contribution in [2.24, 2.45) is 7.05 Å². The van der Waals surface area contributed by atoms with Crippen molar-refractivity contribution in [1.29, 1.82) is 0 Å². The van der Waals surface area contributed by atoms with Gasteiger partial charge in [0.15, 0.2) is 0 Å². The van der Waals surface area contributed by atoms with Crippen LogP contribution in [0, 0.1) is 5.82 Å². The van der Waals surface area contributed by atoms with Crippen LogP contribution in [0.2, 0.25) is 0 Å². The number of ether oxygens (including phenoxy) is 1. The quantitative estimate of drug-likeness (QED) is 0.532. The maximum atomic E-state index is 13.9. The van der Waals surface area contributed by atoms with Crippen molar-refractivity contribution in [3.05, 3.63) is 90.4 Å². The number of rotatable bonds is 4. The van der Waals surface area contributed by atoms with Crippen LogP contribution in [0.1, 0.15) is 10.5 Å². The minimum Gasteiger partial charge on any atom is -0.457 e. The first-order chi connectivity index (χ1) is 13.1. The number of aryl methyl sites for hydroxylation is 1. The highest BCUT2D eigenvalue weighted by Crippen LogP contribution is 2.24. The number of benzene rings is 3. The average molecular weight is 360 g/mol. The molecule has 0 saturated heterocycles. The fourth-order valence-electron chi connectivity index (χ4n) is 2.97. The van der Waals surface area contributed by atoms with Crippen molar-refractivity contribution in [3.8, 4) is 11.5 Å². The Morgan fingerprint density at radius 3 is 2.33 bits per heavy atom. The molecule has 134 valence electrons. The molecule has 1 heterocycles. The topological polar surface area (TPSA) is 43.3 Å². The Kier molecular flexibility index (Phi) is 4.34. The Labute approximate surface area is 155 Å². The molecule has 0 spiro atoms. The number of carbonyl (C=O) groups is 1. The summed E-state index contributed by atoms with van der Waals surface area (Å²) in [6, 6.07) is 22.9. The van der Waals surface area contributed by atoms with Crippen LogP contribution in [0.15, 0.2) is 78.9 Å². The van der Waals surface area contributed by atoms with E-state index in [0.717, 1.165) is 5.75 Å². The number of amides is 1. The zero-order valence-corrected chi connectivity index (χ0v) is 14.6. The summed E-state index contributed by atoms with van der Waals surface area (Å²) >= 11 is 0. The van der Waals surface area contributed by atoms with E-state index >= 15 is 0 Å². The van der Waals surface area contributed by atoms with Crippen molar-refractivity contribution < 1.29 is 13.9 Å². The van der Waals surface area contributed by atoms with Crippen LogP contribution in [0.5, 0.6) is 11.5 Å². The van der Waals surface area contributed by atoms with Gasteiger partial charge in [0.1, 0.15) is 23.0 Å². The molecule has 0 aliphatic rings. The Hall–Kier alpha value is -3.60. The minimum absolute atomic E-state index is 0.301. The standard InChI is InChI=1S/C22H17FN2O2/c1-25-20-9-5-8-19(23)18(20)14-21(25)22(26)24-15-10-12-17(13-11-15)27-16-6-3-2-4-7-16/h2-14H,1H3,(H,24,26). The van der Waals surface area contributed by atoms with E-state index in [1.54, 1.807) is 54.1 Å². The number of carbonyl (C=O) groups excluding carboxylic acids is 1. The molecule has 0 saturated carbocycles. The van der Waals surface area contributed by atoms with Gasteiger partial charge in [-0.1, -0.05) is 24.3 Å². The molecule has 4 nitrogen and oxygen atoms in total. The first-order valence-corrected chi connectivity index (χ1v) is 8.50. The molecule has 27 heavy (non-hydrogen) atoms. The third-order valence-corrected chi connectivity index (χ3v) is 4.36. The number of halogens is 1. The second kappa shape index (κ2) is 6.96. The molecular formula is C22H17FN2O2. The third kappa shape index (κ3) is 3.40. The van der Waals surface area contributed by atoms with Gasteiger partial charge in [0.25, 0.3) is 5.91 Å². The number of nitrogens with zero attached hydrogens (tertiary/aromatic N) is 1. The lowest BCUT2D eigenvalue weighted by Gasteiger charge is -2.09. The number of anilines is 1. The van der Waals surface area contributed by atoms with Gasteiger partial charge in [0.2, 0.25) is 0 Å². The van der Waals surface area contributed by atoms with Gasteiger partial charge in [0.05, 0.1) is 5.52 Å². The summed E-state index contributed by atoms with van der Waals surface area (Å²) in [7, 11) is 1.74. The van der Waals surface area contributed by atoms with E-state index in [9.17, 15) is 9.18 Å². The Bertz CT molecular complexity index is 1100. The lowest BCUT2D eigenvalue weighted by molar-refractivity contribution is 0.101. The van der Waals surface area contributed by atoms with Gasteiger partial charge in [-0.2, -0.15) is 0 Å². The van der Waals surface area contributed by atoms with Crippen molar-refractivity contribution in [2.45, 2.75) is 0 Å². The molecule has 0 aliphatic carbocycles. The lowest BCUT2D eigenvalue weighted by Crippen LogP contribution is -2.15. The highest BCUT2D eigenvalue weighted by molar-refractivity contribution is 6.06. The summed E-state index contributed by atoms with van der Waals surface area (Å²) in [6.45, 7) is 0. The van der Waals surface area contributed by atoms with Crippen LogP contribution >= 0.6 is 0 Å². The van der Waals surface area contributed by atoms with Gasteiger partial charge >= 0.3 is 0 Å². The monoisotopic (exact) mass is 360 g/mol. The summed E-state index contributed by atoms with van der Waals surface area (Å²) in [5.41, 5.74) is 1.69. The van der Waals surface area contributed by atoms with Crippen LogP contribution in [-0.2, 0) is 7.05 Å². The summed E-state index contributed by atoms with van der Waals surface area (Å²) in [5.74, 6) is 0.770. The molecule has 0 unspecified atom stereocenters. The molecule has 1 amide bonds. The molecule has 5 heteroatoms. The smallest absolute Gasteiger partial charge is 0.272 e. The predicted molar refractivity (Wildman–Crippen MR) is 104 cm³/mol. The normalized spacial score (nSPS) is 10.7. The third-order valence-electron chi connectivity index (χ3n) is 4.36. The molecule has 0 aliphatic heterocycles. The number of fused-ring (bicyclic) bond motifs is 1. The molecule has 0 fully saturated rings. The van der Waals surface area contributed by atoms with E-state index in [-0.39, 0.29) is 11.7 Å². The highest BCUT2D eigenvalue weighted by Gasteiger charge is 2.15. The van der Waals surface area contributed by atoms with Crippen LogP contribution in [0.4, 0.5) is 10.1 Å². The van der Waals surface area contributed by atoms with E-state index in [0.29, 0.717) is 28.0 Å². The summed E-state index contributed by atoms with van der Waals surface area (Å²) in [5, 5.41) is 3.26. The first kappa shape index (κ1) is 16.8. The number of aromatic nitrogens is 1. The maximum Gasteiger partial charge on any atom is 0.272 e. The Morgan fingerprint density at radius 1 is 0.926 bits per heavy atom. The average Bonchev–Trinajstić information content (AvgIpc) is 3.03. The van der Waals surface area contributed by atoms with Gasteiger partial charge in [-0.15, -0.1) is 0 Å². The van der Waals surface area contributed by atoms with Crippen LogP contribution in [0.3, 0.4) is 0 Å². The Balaban J connectivity index is 1.51. The fourth-order valence-corrected chi connectivity index (χ4v) is 2.97. The number of nitrogens with one attached hydrogen (secondary N) is 1. The Morgan fingerprint density at radius 2 is 1.63 bits per heavy atom. The van der Waals surface area contributed by atoms with E-state index < -0.39 is 0 Å². The van der Waals surface area contributed by atoms with Gasteiger partial charge in [-0.05, 0) is 54.6 Å². The molecule has 0 radical (unpaired) electrons. The maximum absolute atomic E-state index is 13.9. The van der Waals surface area contributed by atoms with Gasteiger partial charge < -0.3 is 14.6 Å². The SMILES string of the molecule is Cn1c(C(=O)Nc2ccc(Oc3ccccc3)cc2)cc2c(F)cccc21. The molecular weight excluding hydrogens is 343 g/mol. The molecule has 4 aromatic rings. The minimum atomic E-state index is -0.343. The van der Waals surface area contributed by atoms with Crippen molar-refractivity contribution in [2.75, 3.05) is 5.32 Å². The van der Waals surface area contributed by atoms with Gasteiger partial charge in [-0.25, -0.2) is 4.39 Å². The van der Waals surface area contributed by atoms with E-state index in [2.05, 4.69) is 5.32 Å². The lowest BCUT2D eigenvalue weighted by atomic mass is 10.2. The van der Waals surface area contributed by atoms with E-state index in [1.165, 1.54) is 6.07 Å². The van der Waals surface area contributed by atoms with E-state index in [4.69, 9.17) is 4.74 Å². The van der Waals surface area contributed by atoms with Gasteiger partial charge in [-0.3, -0.25) is 4.79 Å². The van der Waals surface area contributed by atoms with Gasteiger partial charge in [0, 0.05) is 18.1 Å². The molecule has 3 aromatic carbocycles. The number of hydrogen-bond acceptors (Lipinski definition) is 2. The zero-order valence-electron chi connectivity index (χ0n) is 14.6. The molecule has 0 atom stereocenters. The number of para-hydroxylation sites is 1. The second-order valence-electron chi connectivity index (χ2n) is 6.15. The highest BCUT2D eigenvalue weighted by atomic mass is 19.1. The van der Waals surface area contributed by atoms with Crippen molar-refractivity contribution >= 4 is 22.5 Å². The molecule has 0 bridgehead atoms. The fraction of sp³-hybridized carbons (Fsp3) is 0.0455. The summed E-state index contributed by atoms with van der Waals surface area (Å²) in [4.78, 5) is 12.6.